The van der Waals surface area contributed by atoms with Crippen LogP contribution in [-0.4, -0.2) is 15.7 Å². The molecule has 0 saturated heterocycles. The van der Waals surface area contributed by atoms with Crippen molar-refractivity contribution in [1.29, 1.82) is 0 Å². The molecule has 0 bridgehead atoms. The molecule has 0 amide bonds. The molecule has 0 radical (unpaired) electrons. The fourth-order valence-electron chi connectivity index (χ4n) is 1.28. The van der Waals surface area contributed by atoms with E-state index in [1.165, 1.54) is 0 Å². The zero-order valence-electron chi connectivity index (χ0n) is 10.5. The van der Waals surface area contributed by atoms with E-state index in [2.05, 4.69) is 27.1 Å². The minimum absolute atomic E-state index is 0.327. The normalized spacial score (nSPS) is 11.1. The highest BCUT2D eigenvalue weighted by atomic mass is 35.5. The molecule has 1 aromatic carbocycles. The van der Waals surface area contributed by atoms with E-state index in [0.717, 1.165) is 17.9 Å². The van der Waals surface area contributed by atoms with Crippen molar-refractivity contribution < 1.29 is 0 Å². The maximum Gasteiger partial charge on any atom is 0.189 e. The predicted molar refractivity (Wildman–Crippen MR) is 78.7 cm³/mol. The summed E-state index contributed by atoms with van der Waals surface area (Å²) in [6.07, 6.45) is 2.67. The maximum absolute atomic E-state index is 6.06. The Morgan fingerprint density at radius 2 is 2.00 bits per heavy atom. The lowest BCUT2D eigenvalue weighted by molar-refractivity contribution is 0.954. The van der Waals surface area contributed by atoms with Crippen LogP contribution in [0, 0.1) is 0 Å². The van der Waals surface area contributed by atoms with Gasteiger partial charge in [-0.25, -0.2) is 9.97 Å². The quantitative estimate of drug-likeness (QED) is 0.335. The van der Waals surface area contributed by atoms with Crippen LogP contribution in [0.25, 0.3) is 0 Å². The number of thioether (sulfide) groups is 1. The Kier molecular flexibility index (Phi) is 5.30. The highest BCUT2D eigenvalue weighted by molar-refractivity contribution is 7.99. The first-order valence-electron chi connectivity index (χ1n) is 5.91. The molecule has 0 saturated carbocycles. The lowest BCUT2D eigenvalue weighted by atomic mass is 10.3. The average molecular weight is 293 g/mol. The molecule has 6 heteroatoms. The molecule has 1 aromatic heterocycles. The minimum Gasteiger partial charge on any atom is -0.229 e. The molecule has 98 valence electrons. The van der Waals surface area contributed by atoms with E-state index in [-0.39, 0.29) is 0 Å². The molecule has 2 aromatic rings. The van der Waals surface area contributed by atoms with E-state index >= 15 is 0 Å². The third-order valence-electron chi connectivity index (χ3n) is 2.17. The Hall–Kier alpha value is -1.46. The van der Waals surface area contributed by atoms with Gasteiger partial charge in [0.1, 0.15) is 5.69 Å². The predicted octanol–water partition coefficient (Wildman–Crippen LogP) is 5.05. The number of hydrogen-bond donors (Lipinski definition) is 0. The van der Waals surface area contributed by atoms with Crippen LogP contribution in [-0.2, 0) is 0 Å². The number of hydrogen-bond acceptors (Lipinski definition) is 5. The van der Waals surface area contributed by atoms with Crippen molar-refractivity contribution in [2.24, 2.45) is 10.2 Å². The van der Waals surface area contributed by atoms with Crippen molar-refractivity contribution >= 4 is 34.7 Å². The Morgan fingerprint density at radius 1 is 1.21 bits per heavy atom. The second-order valence-electron chi connectivity index (χ2n) is 3.71. The van der Waals surface area contributed by atoms with E-state index in [4.69, 9.17) is 11.6 Å². The molecule has 2 rings (SSSR count). The molecule has 0 unspecified atom stereocenters. The fourth-order valence-corrected chi connectivity index (χ4v) is 2.16. The molecule has 1 heterocycles. The summed E-state index contributed by atoms with van der Waals surface area (Å²) in [6.45, 7) is 2.11. The lowest BCUT2D eigenvalue weighted by Gasteiger charge is -2.00. The Morgan fingerprint density at radius 3 is 2.68 bits per heavy atom. The van der Waals surface area contributed by atoms with Gasteiger partial charge in [0, 0.05) is 5.75 Å². The van der Waals surface area contributed by atoms with E-state index in [0.29, 0.717) is 16.0 Å². The van der Waals surface area contributed by atoms with E-state index in [1.54, 1.807) is 18.0 Å². The summed E-state index contributed by atoms with van der Waals surface area (Å²) < 4.78 is 0. The monoisotopic (exact) mass is 292 g/mol. The van der Waals surface area contributed by atoms with E-state index in [1.807, 2.05) is 30.3 Å². The van der Waals surface area contributed by atoms with Crippen molar-refractivity contribution in [1.82, 2.24) is 9.97 Å². The number of benzene rings is 1. The Balaban J connectivity index is 2.11. The molecule has 0 aliphatic heterocycles. The molecule has 0 spiro atoms. The SMILES string of the molecule is CCCSc1ncc(N=Nc2ccccc2)c(Cl)n1. The minimum atomic E-state index is 0.327. The number of aromatic nitrogens is 2. The molecular weight excluding hydrogens is 280 g/mol. The summed E-state index contributed by atoms with van der Waals surface area (Å²) in [6, 6.07) is 9.45. The fraction of sp³-hybridized carbons (Fsp3) is 0.231. The van der Waals surface area contributed by atoms with Gasteiger partial charge in [-0.15, -0.1) is 5.11 Å². The first-order valence-corrected chi connectivity index (χ1v) is 7.28. The van der Waals surface area contributed by atoms with Crippen LogP contribution >= 0.6 is 23.4 Å². The third kappa shape index (κ3) is 4.29. The summed E-state index contributed by atoms with van der Waals surface area (Å²) in [5, 5.41) is 9.14. The summed E-state index contributed by atoms with van der Waals surface area (Å²) in [5.74, 6) is 0.973. The van der Waals surface area contributed by atoms with Gasteiger partial charge in [0.2, 0.25) is 0 Å². The third-order valence-corrected chi connectivity index (χ3v) is 3.51. The Bertz CT molecular complexity index is 560. The second-order valence-corrected chi connectivity index (χ2v) is 5.13. The summed E-state index contributed by atoms with van der Waals surface area (Å²) in [4.78, 5) is 8.39. The van der Waals surface area contributed by atoms with Crippen molar-refractivity contribution in [2.45, 2.75) is 18.5 Å². The molecule has 0 fully saturated rings. The van der Waals surface area contributed by atoms with Gasteiger partial charge in [0.05, 0.1) is 11.9 Å². The van der Waals surface area contributed by atoms with E-state index < -0.39 is 0 Å². The van der Waals surface area contributed by atoms with Gasteiger partial charge >= 0.3 is 0 Å². The van der Waals surface area contributed by atoms with Crippen molar-refractivity contribution in [3.63, 3.8) is 0 Å². The molecule has 4 nitrogen and oxygen atoms in total. The van der Waals surface area contributed by atoms with Crippen molar-refractivity contribution in [3.05, 3.63) is 41.7 Å². The first-order chi connectivity index (χ1) is 9.29. The van der Waals surface area contributed by atoms with Crippen LogP contribution in [0.5, 0.6) is 0 Å². The standard InChI is InChI=1S/C13H13ClN4S/c1-2-8-19-13-15-9-11(12(14)16-13)18-17-10-6-4-3-5-7-10/h3-7,9H,2,8H2,1H3. The van der Waals surface area contributed by atoms with E-state index in [9.17, 15) is 0 Å². The smallest absolute Gasteiger partial charge is 0.189 e. The van der Waals surface area contributed by atoms with Crippen LogP contribution in [0.1, 0.15) is 13.3 Å². The summed E-state index contributed by atoms with van der Waals surface area (Å²) in [7, 11) is 0. The van der Waals surface area contributed by atoms with Gasteiger partial charge in [-0.2, -0.15) is 5.11 Å². The molecule has 0 atom stereocenters. The summed E-state index contributed by atoms with van der Waals surface area (Å²) in [5.41, 5.74) is 1.24. The largest absolute Gasteiger partial charge is 0.229 e. The number of rotatable bonds is 5. The molecule has 0 aliphatic carbocycles. The van der Waals surface area contributed by atoms with Gasteiger partial charge in [-0.3, -0.25) is 0 Å². The van der Waals surface area contributed by atoms with Crippen LogP contribution in [0.3, 0.4) is 0 Å². The van der Waals surface area contributed by atoms with Gasteiger partial charge in [-0.05, 0) is 18.6 Å². The number of azo groups is 1. The van der Waals surface area contributed by atoms with Crippen molar-refractivity contribution in [2.75, 3.05) is 5.75 Å². The maximum atomic E-state index is 6.06. The number of halogens is 1. The molecule has 19 heavy (non-hydrogen) atoms. The lowest BCUT2D eigenvalue weighted by Crippen LogP contribution is -1.87. The zero-order chi connectivity index (χ0) is 13.5. The molecule has 0 N–H and O–H groups in total. The highest BCUT2D eigenvalue weighted by Crippen LogP contribution is 2.26. The van der Waals surface area contributed by atoms with Crippen LogP contribution in [0.15, 0.2) is 51.9 Å². The molecular formula is C13H13ClN4S. The highest BCUT2D eigenvalue weighted by Gasteiger charge is 2.04. The number of nitrogens with zero attached hydrogens (tertiary/aromatic N) is 4. The van der Waals surface area contributed by atoms with Gasteiger partial charge in [0.15, 0.2) is 10.3 Å². The van der Waals surface area contributed by atoms with Crippen LogP contribution in [0.2, 0.25) is 5.15 Å². The van der Waals surface area contributed by atoms with Gasteiger partial charge in [-0.1, -0.05) is 48.5 Å². The van der Waals surface area contributed by atoms with Crippen LogP contribution in [0.4, 0.5) is 11.4 Å². The zero-order valence-corrected chi connectivity index (χ0v) is 12.0. The van der Waals surface area contributed by atoms with Crippen LogP contribution < -0.4 is 0 Å². The molecule has 0 aliphatic rings. The topological polar surface area (TPSA) is 50.5 Å². The van der Waals surface area contributed by atoms with Gasteiger partial charge < -0.3 is 0 Å². The van der Waals surface area contributed by atoms with Gasteiger partial charge in [0.25, 0.3) is 0 Å². The summed E-state index contributed by atoms with van der Waals surface area (Å²) >= 11 is 7.64. The van der Waals surface area contributed by atoms with Crippen molar-refractivity contribution in [3.8, 4) is 0 Å². The first kappa shape index (κ1) is 14.0. The average Bonchev–Trinajstić information content (AvgIpc) is 2.45. The second kappa shape index (κ2) is 7.21. The Labute approximate surface area is 121 Å².